The lowest BCUT2D eigenvalue weighted by Crippen LogP contribution is -2.43. The first-order chi connectivity index (χ1) is 12.3. The molecule has 1 aromatic carbocycles. The van der Waals surface area contributed by atoms with Crippen LogP contribution >= 0.6 is 0 Å². The van der Waals surface area contributed by atoms with Gasteiger partial charge in [-0.05, 0) is 37.5 Å². The van der Waals surface area contributed by atoms with E-state index < -0.39 is 22.6 Å². The summed E-state index contributed by atoms with van der Waals surface area (Å²) in [5.74, 6) is -0.859. The van der Waals surface area contributed by atoms with Crippen LogP contribution in [0.25, 0.3) is 0 Å². The molecule has 0 spiro atoms. The van der Waals surface area contributed by atoms with Crippen molar-refractivity contribution in [1.29, 1.82) is 0 Å². The number of piperidine rings is 1. The molecule has 2 rings (SSSR count). The van der Waals surface area contributed by atoms with Crippen LogP contribution in [0.3, 0.4) is 0 Å². The number of hydrogen-bond acceptors (Lipinski definition) is 5. The lowest BCUT2D eigenvalue weighted by Gasteiger charge is -2.30. The van der Waals surface area contributed by atoms with Gasteiger partial charge >= 0.3 is 5.97 Å². The molecule has 0 saturated carbocycles. The Morgan fingerprint density at radius 1 is 1.31 bits per heavy atom. The Hall–Kier alpha value is -2.13. The van der Waals surface area contributed by atoms with Gasteiger partial charge in [0.05, 0.1) is 5.75 Å². The van der Waals surface area contributed by atoms with Crippen LogP contribution in [-0.4, -0.2) is 55.2 Å². The first-order valence-corrected chi connectivity index (χ1v) is 10.1. The summed E-state index contributed by atoms with van der Waals surface area (Å²) in [6.45, 7) is 2.23. The van der Waals surface area contributed by atoms with Gasteiger partial charge in [-0.1, -0.05) is 12.1 Å². The molecule has 1 aliphatic heterocycles. The van der Waals surface area contributed by atoms with E-state index in [9.17, 15) is 18.0 Å². The molecular formula is C17H24N2O6S. The van der Waals surface area contributed by atoms with Crippen LogP contribution in [0, 0.1) is 5.92 Å². The second kappa shape index (κ2) is 9.00. The minimum Gasteiger partial charge on any atom is -0.482 e. The van der Waals surface area contributed by atoms with E-state index in [1.54, 1.807) is 25.1 Å². The van der Waals surface area contributed by atoms with E-state index in [2.05, 4.69) is 5.32 Å². The summed E-state index contributed by atoms with van der Waals surface area (Å²) in [6, 6.07) is 6.87. The van der Waals surface area contributed by atoms with E-state index in [1.165, 1.54) is 4.31 Å². The molecule has 0 atom stereocenters. The fraction of sp³-hybridized carbons (Fsp3) is 0.529. The Balaban J connectivity index is 1.82. The number of sulfonamides is 1. The van der Waals surface area contributed by atoms with E-state index in [-0.39, 0.29) is 17.6 Å². The number of carboxylic acid groups (broad SMARTS) is 1. The maximum Gasteiger partial charge on any atom is 0.341 e. The van der Waals surface area contributed by atoms with E-state index in [1.807, 2.05) is 6.07 Å². The monoisotopic (exact) mass is 384 g/mol. The summed E-state index contributed by atoms with van der Waals surface area (Å²) < 4.78 is 30.2. The van der Waals surface area contributed by atoms with Crippen LogP contribution in [0.15, 0.2) is 24.3 Å². The highest BCUT2D eigenvalue weighted by atomic mass is 32.2. The lowest BCUT2D eigenvalue weighted by molar-refractivity contribution is -0.139. The molecule has 8 nitrogen and oxygen atoms in total. The van der Waals surface area contributed by atoms with Crippen molar-refractivity contribution in [2.24, 2.45) is 5.92 Å². The van der Waals surface area contributed by atoms with Crippen LogP contribution in [0.5, 0.6) is 5.75 Å². The van der Waals surface area contributed by atoms with Crippen LogP contribution in [0.2, 0.25) is 0 Å². The standard InChI is InChI=1S/C17H24N2O6S/c1-2-26(23,24)19-8-6-14(7-9-19)17(22)18-11-13-4-3-5-15(10-13)25-12-16(20)21/h3-5,10,14H,2,6-9,11-12H2,1H3,(H,18,22)(H,20,21). The van der Waals surface area contributed by atoms with Crippen molar-refractivity contribution in [3.63, 3.8) is 0 Å². The second-order valence-electron chi connectivity index (χ2n) is 6.12. The molecule has 1 aliphatic rings. The number of nitrogens with zero attached hydrogens (tertiary/aromatic N) is 1. The van der Waals surface area contributed by atoms with Gasteiger partial charge < -0.3 is 15.2 Å². The Morgan fingerprint density at radius 3 is 2.62 bits per heavy atom. The summed E-state index contributed by atoms with van der Waals surface area (Å²) in [4.78, 5) is 22.8. The highest BCUT2D eigenvalue weighted by molar-refractivity contribution is 7.89. The van der Waals surface area contributed by atoms with Gasteiger partial charge in [0.2, 0.25) is 15.9 Å². The Kier molecular flexibility index (Phi) is 6.98. The third-order valence-corrected chi connectivity index (χ3v) is 6.19. The molecule has 1 fully saturated rings. The first-order valence-electron chi connectivity index (χ1n) is 8.51. The third-order valence-electron chi connectivity index (χ3n) is 4.31. The molecule has 0 bridgehead atoms. The van der Waals surface area contributed by atoms with Gasteiger partial charge in [-0.15, -0.1) is 0 Å². The van der Waals surface area contributed by atoms with Crippen molar-refractivity contribution in [3.8, 4) is 5.75 Å². The Bertz CT molecular complexity index is 741. The number of nitrogens with one attached hydrogen (secondary N) is 1. The molecular weight excluding hydrogens is 360 g/mol. The highest BCUT2D eigenvalue weighted by Gasteiger charge is 2.29. The van der Waals surface area contributed by atoms with E-state index >= 15 is 0 Å². The molecule has 1 amide bonds. The van der Waals surface area contributed by atoms with Crippen molar-refractivity contribution in [2.45, 2.75) is 26.3 Å². The number of benzene rings is 1. The smallest absolute Gasteiger partial charge is 0.341 e. The molecule has 1 aromatic rings. The predicted octanol–water partition coefficient (Wildman–Crippen LogP) is 0.828. The molecule has 144 valence electrons. The third kappa shape index (κ3) is 5.70. The molecule has 0 aromatic heterocycles. The predicted molar refractivity (Wildman–Crippen MR) is 95.2 cm³/mol. The van der Waals surface area contributed by atoms with Crippen LogP contribution in [0.1, 0.15) is 25.3 Å². The fourth-order valence-corrected chi connectivity index (χ4v) is 3.93. The van der Waals surface area contributed by atoms with E-state index in [0.717, 1.165) is 5.56 Å². The number of carbonyl (C=O) groups is 2. The maximum absolute atomic E-state index is 12.3. The quantitative estimate of drug-likeness (QED) is 0.686. The summed E-state index contributed by atoms with van der Waals surface area (Å²) in [6.07, 6.45) is 1.01. The SMILES string of the molecule is CCS(=O)(=O)N1CCC(C(=O)NCc2cccc(OCC(=O)O)c2)CC1. The van der Waals surface area contributed by atoms with Crippen molar-refractivity contribution in [1.82, 2.24) is 9.62 Å². The number of hydrogen-bond donors (Lipinski definition) is 2. The lowest BCUT2D eigenvalue weighted by atomic mass is 9.97. The minimum atomic E-state index is -3.20. The number of carbonyl (C=O) groups excluding carboxylic acids is 1. The molecule has 9 heteroatoms. The van der Waals surface area contributed by atoms with Gasteiger partial charge in [0.15, 0.2) is 6.61 Å². The van der Waals surface area contributed by atoms with Gasteiger partial charge in [0, 0.05) is 25.6 Å². The summed E-state index contributed by atoms with van der Waals surface area (Å²) in [5, 5.41) is 11.5. The molecule has 1 saturated heterocycles. The molecule has 2 N–H and O–H groups in total. The van der Waals surface area contributed by atoms with Gasteiger partial charge in [-0.2, -0.15) is 0 Å². The van der Waals surface area contributed by atoms with Gasteiger partial charge in [-0.25, -0.2) is 17.5 Å². The first kappa shape index (κ1) is 20.2. The van der Waals surface area contributed by atoms with Crippen molar-refractivity contribution >= 4 is 21.9 Å². The van der Waals surface area contributed by atoms with Gasteiger partial charge in [-0.3, -0.25) is 4.79 Å². The largest absolute Gasteiger partial charge is 0.482 e. The number of aliphatic carboxylic acids is 1. The summed E-state index contributed by atoms with van der Waals surface area (Å²) >= 11 is 0. The van der Waals surface area contributed by atoms with Gasteiger partial charge in [0.1, 0.15) is 5.75 Å². The Morgan fingerprint density at radius 2 is 2.00 bits per heavy atom. The number of rotatable bonds is 8. The van der Waals surface area contributed by atoms with Crippen molar-refractivity contribution in [2.75, 3.05) is 25.4 Å². The molecule has 0 unspecified atom stereocenters. The average Bonchev–Trinajstić information content (AvgIpc) is 2.65. The van der Waals surface area contributed by atoms with Crippen LogP contribution in [-0.2, 0) is 26.2 Å². The summed E-state index contributed by atoms with van der Waals surface area (Å²) in [7, 11) is -3.20. The zero-order valence-electron chi connectivity index (χ0n) is 14.7. The van der Waals surface area contributed by atoms with Crippen LogP contribution < -0.4 is 10.1 Å². The number of carboxylic acids is 1. The zero-order chi connectivity index (χ0) is 19.2. The second-order valence-corrected chi connectivity index (χ2v) is 8.38. The molecule has 1 heterocycles. The van der Waals surface area contributed by atoms with E-state index in [4.69, 9.17) is 9.84 Å². The number of ether oxygens (including phenoxy) is 1. The zero-order valence-corrected chi connectivity index (χ0v) is 15.5. The average molecular weight is 384 g/mol. The number of amides is 1. The maximum atomic E-state index is 12.3. The minimum absolute atomic E-state index is 0.0736. The molecule has 0 aliphatic carbocycles. The summed E-state index contributed by atoms with van der Waals surface area (Å²) in [5.41, 5.74) is 0.798. The van der Waals surface area contributed by atoms with Crippen molar-refractivity contribution in [3.05, 3.63) is 29.8 Å². The van der Waals surface area contributed by atoms with Crippen molar-refractivity contribution < 1.29 is 27.9 Å². The Labute approximate surface area is 153 Å². The van der Waals surface area contributed by atoms with Gasteiger partial charge in [0.25, 0.3) is 0 Å². The fourth-order valence-electron chi connectivity index (χ4n) is 2.80. The topological polar surface area (TPSA) is 113 Å². The molecule has 0 radical (unpaired) electrons. The highest BCUT2D eigenvalue weighted by Crippen LogP contribution is 2.20. The van der Waals surface area contributed by atoms with E-state index in [0.29, 0.717) is 38.2 Å². The molecule has 26 heavy (non-hydrogen) atoms. The van der Waals surface area contributed by atoms with Crippen LogP contribution in [0.4, 0.5) is 0 Å². The normalized spacial score (nSPS) is 16.2.